The van der Waals surface area contributed by atoms with E-state index in [2.05, 4.69) is 10.4 Å². The van der Waals surface area contributed by atoms with Crippen LogP contribution < -0.4 is 10.9 Å². The standard InChI is InChI=1S/C22H23N3O3/c26-20-11-10-18(19-9-6-16-28-19)24-25(20)15-14-23-21(27)22(12-4-5-13-22)17-7-2-1-3-8-17/h1-3,6-11,16H,4-5,12-15H2,(H,23,27). The molecule has 0 unspecified atom stereocenters. The zero-order valence-corrected chi connectivity index (χ0v) is 15.6. The zero-order chi connectivity index (χ0) is 19.4. The summed E-state index contributed by atoms with van der Waals surface area (Å²) in [6.07, 6.45) is 5.38. The van der Waals surface area contributed by atoms with E-state index in [0.29, 0.717) is 24.5 Å². The third-order valence-corrected chi connectivity index (χ3v) is 5.47. The van der Waals surface area contributed by atoms with Crippen LogP contribution in [0, 0.1) is 0 Å². The lowest BCUT2D eigenvalue weighted by atomic mass is 9.78. The molecule has 28 heavy (non-hydrogen) atoms. The summed E-state index contributed by atoms with van der Waals surface area (Å²) in [5.74, 6) is 0.637. The van der Waals surface area contributed by atoms with Crippen molar-refractivity contribution in [1.82, 2.24) is 15.1 Å². The summed E-state index contributed by atoms with van der Waals surface area (Å²) in [7, 11) is 0. The number of aromatic nitrogens is 2. The predicted molar refractivity (Wildman–Crippen MR) is 106 cm³/mol. The molecule has 2 aromatic heterocycles. The van der Waals surface area contributed by atoms with E-state index < -0.39 is 5.41 Å². The maximum absolute atomic E-state index is 13.1. The molecule has 144 valence electrons. The molecule has 1 aromatic carbocycles. The van der Waals surface area contributed by atoms with Crippen LogP contribution in [0.3, 0.4) is 0 Å². The fourth-order valence-corrected chi connectivity index (χ4v) is 3.99. The molecule has 0 bridgehead atoms. The van der Waals surface area contributed by atoms with Crippen LogP contribution in [-0.2, 0) is 16.8 Å². The van der Waals surface area contributed by atoms with Crippen molar-refractivity contribution in [2.75, 3.05) is 6.54 Å². The van der Waals surface area contributed by atoms with Gasteiger partial charge in [-0.25, -0.2) is 4.68 Å². The highest BCUT2D eigenvalue weighted by molar-refractivity contribution is 5.88. The van der Waals surface area contributed by atoms with Crippen molar-refractivity contribution in [2.24, 2.45) is 0 Å². The van der Waals surface area contributed by atoms with Gasteiger partial charge in [0.15, 0.2) is 5.76 Å². The highest BCUT2D eigenvalue weighted by Crippen LogP contribution is 2.41. The second-order valence-electron chi connectivity index (χ2n) is 7.17. The molecule has 1 saturated carbocycles. The van der Waals surface area contributed by atoms with Crippen LogP contribution in [-0.4, -0.2) is 22.2 Å². The molecule has 0 saturated heterocycles. The fraction of sp³-hybridized carbons (Fsp3) is 0.318. The largest absolute Gasteiger partial charge is 0.463 e. The first-order valence-electron chi connectivity index (χ1n) is 9.65. The summed E-state index contributed by atoms with van der Waals surface area (Å²) in [6, 6.07) is 16.7. The number of nitrogens with one attached hydrogen (secondary N) is 1. The minimum atomic E-state index is -0.463. The first-order chi connectivity index (χ1) is 13.7. The molecule has 4 rings (SSSR count). The van der Waals surface area contributed by atoms with E-state index in [1.165, 1.54) is 10.7 Å². The molecule has 1 amide bonds. The molecule has 6 heteroatoms. The zero-order valence-electron chi connectivity index (χ0n) is 15.6. The average molecular weight is 377 g/mol. The molecule has 1 aliphatic rings. The van der Waals surface area contributed by atoms with Gasteiger partial charge in [-0.05, 0) is 36.6 Å². The molecule has 2 heterocycles. The van der Waals surface area contributed by atoms with E-state index in [1.54, 1.807) is 24.5 Å². The van der Waals surface area contributed by atoms with E-state index in [4.69, 9.17) is 4.42 Å². The number of rotatable bonds is 6. The van der Waals surface area contributed by atoms with Crippen molar-refractivity contribution in [1.29, 1.82) is 0 Å². The van der Waals surface area contributed by atoms with Crippen molar-refractivity contribution >= 4 is 5.91 Å². The Labute approximate surface area is 163 Å². The first-order valence-corrected chi connectivity index (χ1v) is 9.65. The SMILES string of the molecule is O=C(NCCn1nc(-c2ccco2)ccc1=O)C1(c2ccccc2)CCCC1. The Bertz CT molecular complexity index is 987. The lowest BCUT2D eigenvalue weighted by Gasteiger charge is -2.28. The van der Waals surface area contributed by atoms with Gasteiger partial charge in [0.25, 0.3) is 5.56 Å². The topological polar surface area (TPSA) is 77.1 Å². The van der Waals surface area contributed by atoms with Gasteiger partial charge in [0, 0.05) is 12.6 Å². The Morgan fingerprint density at radius 2 is 1.86 bits per heavy atom. The Hall–Kier alpha value is -3.15. The number of benzene rings is 1. The van der Waals surface area contributed by atoms with Crippen LogP contribution in [0.5, 0.6) is 0 Å². The van der Waals surface area contributed by atoms with Gasteiger partial charge in [0.2, 0.25) is 5.91 Å². The van der Waals surface area contributed by atoms with Gasteiger partial charge >= 0.3 is 0 Å². The maximum atomic E-state index is 13.1. The normalized spacial score (nSPS) is 15.4. The number of hydrogen-bond donors (Lipinski definition) is 1. The van der Waals surface area contributed by atoms with E-state index >= 15 is 0 Å². The molecule has 6 nitrogen and oxygen atoms in total. The van der Waals surface area contributed by atoms with Crippen LogP contribution in [0.1, 0.15) is 31.2 Å². The van der Waals surface area contributed by atoms with Gasteiger partial charge < -0.3 is 9.73 Å². The Kier molecular flexibility index (Phi) is 5.10. The highest BCUT2D eigenvalue weighted by Gasteiger charge is 2.42. The Morgan fingerprint density at radius 3 is 2.57 bits per heavy atom. The quantitative estimate of drug-likeness (QED) is 0.716. The summed E-state index contributed by atoms with van der Waals surface area (Å²) in [5, 5.41) is 7.38. The number of nitrogens with zero attached hydrogens (tertiary/aromatic N) is 2. The lowest BCUT2D eigenvalue weighted by Crippen LogP contribution is -2.44. The Balaban J connectivity index is 1.46. The van der Waals surface area contributed by atoms with E-state index in [1.807, 2.05) is 30.3 Å². The van der Waals surface area contributed by atoms with E-state index in [-0.39, 0.29) is 11.5 Å². The number of hydrogen-bond acceptors (Lipinski definition) is 4. The molecule has 0 atom stereocenters. The van der Waals surface area contributed by atoms with Crippen molar-refractivity contribution in [2.45, 2.75) is 37.6 Å². The van der Waals surface area contributed by atoms with Crippen LogP contribution in [0.25, 0.3) is 11.5 Å². The summed E-state index contributed by atoms with van der Waals surface area (Å²) in [6.45, 7) is 0.659. The second kappa shape index (κ2) is 7.84. The van der Waals surface area contributed by atoms with Crippen LogP contribution in [0.4, 0.5) is 0 Å². The van der Waals surface area contributed by atoms with Crippen molar-refractivity contribution < 1.29 is 9.21 Å². The minimum absolute atomic E-state index is 0.0337. The van der Waals surface area contributed by atoms with Gasteiger partial charge in [-0.1, -0.05) is 43.2 Å². The molecule has 1 N–H and O–H groups in total. The molecule has 3 aromatic rings. The molecule has 1 fully saturated rings. The van der Waals surface area contributed by atoms with Gasteiger partial charge in [0.05, 0.1) is 18.2 Å². The third kappa shape index (κ3) is 3.50. The molecular formula is C22H23N3O3. The molecule has 0 radical (unpaired) electrons. The molecular weight excluding hydrogens is 354 g/mol. The van der Waals surface area contributed by atoms with Crippen molar-refractivity contribution in [3.8, 4) is 11.5 Å². The van der Waals surface area contributed by atoms with Crippen LogP contribution in [0.15, 0.2) is 70.1 Å². The minimum Gasteiger partial charge on any atom is -0.463 e. The van der Waals surface area contributed by atoms with Crippen LogP contribution in [0.2, 0.25) is 0 Å². The van der Waals surface area contributed by atoms with Gasteiger partial charge in [-0.2, -0.15) is 5.10 Å². The Morgan fingerprint density at radius 1 is 1.07 bits per heavy atom. The molecule has 0 aliphatic heterocycles. The van der Waals surface area contributed by atoms with Gasteiger partial charge in [-0.15, -0.1) is 0 Å². The monoisotopic (exact) mass is 377 g/mol. The summed E-state index contributed by atoms with van der Waals surface area (Å²) >= 11 is 0. The first kappa shape index (κ1) is 18.2. The van der Waals surface area contributed by atoms with Gasteiger partial charge in [0.1, 0.15) is 5.69 Å². The number of amides is 1. The average Bonchev–Trinajstić information content (AvgIpc) is 3.43. The van der Waals surface area contributed by atoms with Gasteiger partial charge in [-0.3, -0.25) is 9.59 Å². The highest BCUT2D eigenvalue weighted by atomic mass is 16.3. The summed E-state index contributed by atoms with van der Waals surface area (Å²) < 4.78 is 6.70. The summed E-state index contributed by atoms with van der Waals surface area (Å²) in [4.78, 5) is 25.2. The smallest absolute Gasteiger partial charge is 0.266 e. The number of furan rings is 1. The van der Waals surface area contributed by atoms with Crippen molar-refractivity contribution in [3.63, 3.8) is 0 Å². The van der Waals surface area contributed by atoms with E-state index in [0.717, 1.165) is 31.2 Å². The third-order valence-electron chi connectivity index (χ3n) is 5.47. The van der Waals surface area contributed by atoms with E-state index in [9.17, 15) is 9.59 Å². The predicted octanol–water partition coefficient (Wildman–Crippen LogP) is 3.13. The maximum Gasteiger partial charge on any atom is 0.266 e. The van der Waals surface area contributed by atoms with Crippen LogP contribution >= 0.6 is 0 Å². The summed E-state index contributed by atoms with van der Waals surface area (Å²) in [5.41, 5.74) is 0.992. The fourth-order valence-electron chi connectivity index (χ4n) is 3.99. The number of carbonyl (C=O) groups is 1. The number of carbonyl (C=O) groups excluding carboxylic acids is 1. The molecule has 0 spiro atoms. The second-order valence-corrected chi connectivity index (χ2v) is 7.17. The van der Waals surface area contributed by atoms with Crippen molar-refractivity contribution in [3.05, 3.63) is 76.8 Å². The molecule has 1 aliphatic carbocycles. The lowest BCUT2D eigenvalue weighted by molar-refractivity contribution is -0.126.